The molecule has 3 heteroatoms. The Morgan fingerprint density at radius 2 is 0.978 bits per heavy atom. The van der Waals surface area contributed by atoms with Gasteiger partial charge in [-0.25, -0.2) is 0 Å². The van der Waals surface area contributed by atoms with E-state index in [1.807, 2.05) is 11.3 Å². The van der Waals surface area contributed by atoms with Gasteiger partial charge >= 0.3 is 0 Å². The molecule has 0 fully saturated rings. The normalized spacial score (nSPS) is 11.6. The minimum absolute atomic E-state index is 1.12. The molecule has 0 unspecified atom stereocenters. The first kappa shape index (κ1) is 25.8. The van der Waals surface area contributed by atoms with Crippen LogP contribution >= 0.6 is 11.3 Å². The molecular formula is C42H28N2S. The molecule has 0 bridgehead atoms. The van der Waals surface area contributed by atoms with Gasteiger partial charge in [-0.2, -0.15) is 0 Å². The fourth-order valence-electron chi connectivity index (χ4n) is 6.69. The summed E-state index contributed by atoms with van der Waals surface area (Å²) in [5.74, 6) is 0. The van der Waals surface area contributed by atoms with Crippen LogP contribution in [0.4, 0.5) is 17.1 Å². The molecule has 212 valence electrons. The first-order valence-corrected chi connectivity index (χ1v) is 16.1. The molecule has 0 aliphatic carbocycles. The molecule has 0 spiro atoms. The summed E-state index contributed by atoms with van der Waals surface area (Å²) in [6, 6.07) is 61.4. The number of rotatable bonds is 5. The van der Waals surface area contributed by atoms with Crippen molar-refractivity contribution in [2.45, 2.75) is 0 Å². The highest BCUT2D eigenvalue weighted by molar-refractivity contribution is 7.25. The number of fused-ring (bicyclic) bond motifs is 6. The van der Waals surface area contributed by atoms with Crippen molar-refractivity contribution in [1.29, 1.82) is 0 Å². The minimum Gasteiger partial charge on any atom is -0.310 e. The molecule has 9 aromatic rings. The van der Waals surface area contributed by atoms with Crippen LogP contribution < -0.4 is 4.90 Å². The SMILES string of the molecule is c1ccc(N(c2ccc(-c3ccc4sc5ccccc5c4c3)cc2)c2ccc3c(c2)c2ccccc2n3-c2ccccc2)cc1. The summed E-state index contributed by atoms with van der Waals surface area (Å²) in [6.07, 6.45) is 0. The standard InChI is InChI=1S/C42H28N2S/c1-3-11-31(12-4-1)43(33-22-19-29(20-23-33)30-21-26-42-38(27-30)36-16-8-10-18-41(36)45-42)34-24-25-40-37(28-34)35-15-7-9-17-39(35)44(40)32-13-5-2-6-14-32/h1-28H. The van der Waals surface area contributed by atoms with Gasteiger partial charge in [0.15, 0.2) is 0 Å². The van der Waals surface area contributed by atoms with Crippen molar-refractivity contribution in [3.05, 3.63) is 170 Å². The molecule has 0 radical (unpaired) electrons. The third-order valence-electron chi connectivity index (χ3n) is 8.78. The fraction of sp³-hybridized carbons (Fsp3) is 0. The van der Waals surface area contributed by atoms with Gasteiger partial charge in [-0.3, -0.25) is 0 Å². The van der Waals surface area contributed by atoms with Gasteiger partial charge in [0.05, 0.1) is 11.0 Å². The van der Waals surface area contributed by atoms with E-state index in [4.69, 9.17) is 0 Å². The quantitative estimate of drug-likeness (QED) is 0.193. The van der Waals surface area contributed by atoms with Crippen molar-refractivity contribution in [2.24, 2.45) is 0 Å². The zero-order chi connectivity index (χ0) is 29.7. The van der Waals surface area contributed by atoms with Gasteiger partial charge < -0.3 is 9.47 Å². The highest BCUT2D eigenvalue weighted by atomic mass is 32.1. The Hall–Kier alpha value is -5.64. The average molecular weight is 593 g/mol. The van der Waals surface area contributed by atoms with Gasteiger partial charge in [-0.05, 0) is 90.0 Å². The third-order valence-corrected chi connectivity index (χ3v) is 9.93. The Kier molecular flexibility index (Phi) is 6.03. The lowest BCUT2D eigenvalue weighted by Crippen LogP contribution is -2.09. The number of aromatic nitrogens is 1. The Labute approximate surface area is 265 Å². The van der Waals surface area contributed by atoms with E-state index in [-0.39, 0.29) is 0 Å². The van der Waals surface area contributed by atoms with E-state index in [0.717, 1.165) is 17.1 Å². The van der Waals surface area contributed by atoms with Crippen LogP contribution in [0.15, 0.2) is 170 Å². The predicted molar refractivity (Wildman–Crippen MR) is 194 cm³/mol. The topological polar surface area (TPSA) is 8.17 Å². The lowest BCUT2D eigenvalue weighted by Gasteiger charge is -2.26. The number of nitrogens with zero attached hydrogens (tertiary/aromatic N) is 2. The molecule has 0 amide bonds. The molecule has 2 heterocycles. The van der Waals surface area contributed by atoms with Crippen molar-refractivity contribution >= 4 is 70.4 Å². The van der Waals surface area contributed by atoms with Crippen molar-refractivity contribution in [1.82, 2.24) is 4.57 Å². The number of thiophene rings is 1. The van der Waals surface area contributed by atoms with Crippen molar-refractivity contribution in [3.8, 4) is 16.8 Å². The van der Waals surface area contributed by atoms with Gasteiger partial charge in [0, 0.05) is 53.7 Å². The molecule has 0 saturated heterocycles. The minimum atomic E-state index is 1.12. The Morgan fingerprint density at radius 3 is 1.80 bits per heavy atom. The zero-order valence-corrected chi connectivity index (χ0v) is 25.3. The molecular weight excluding hydrogens is 565 g/mol. The van der Waals surface area contributed by atoms with Crippen molar-refractivity contribution in [3.63, 3.8) is 0 Å². The van der Waals surface area contributed by atoms with Gasteiger partial charge in [-0.15, -0.1) is 11.3 Å². The summed E-state index contributed by atoms with van der Waals surface area (Å²) in [5, 5.41) is 5.14. The molecule has 9 rings (SSSR count). The van der Waals surface area contributed by atoms with E-state index in [1.165, 1.54) is 58.8 Å². The smallest absolute Gasteiger partial charge is 0.0542 e. The molecule has 0 aliphatic heterocycles. The second-order valence-electron chi connectivity index (χ2n) is 11.4. The van der Waals surface area contributed by atoms with Crippen LogP contribution in [0.25, 0.3) is 58.8 Å². The summed E-state index contributed by atoms with van der Waals surface area (Å²) < 4.78 is 5.03. The molecule has 0 saturated carbocycles. The average Bonchev–Trinajstić information content (AvgIpc) is 3.65. The highest BCUT2D eigenvalue weighted by Gasteiger charge is 2.17. The van der Waals surface area contributed by atoms with Crippen LogP contribution in [0.2, 0.25) is 0 Å². The molecule has 45 heavy (non-hydrogen) atoms. The lowest BCUT2D eigenvalue weighted by atomic mass is 10.0. The first-order valence-electron chi connectivity index (χ1n) is 15.3. The number of benzene rings is 7. The van der Waals surface area contributed by atoms with E-state index in [9.17, 15) is 0 Å². The largest absolute Gasteiger partial charge is 0.310 e. The summed E-state index contributed by atoms with van der Waals surface area (Å²) >= 11 is 1.86. The van der Waals surface area contributed by atoms with Crippen molar-refractivity contribution < 1.29 is 0 Å². The molecule has 2 aromatic heterocycles. The summed E-state index contributed by atoms with van der Waals surface area (Å²) in [6.45, 7) is 0. The maximum atomic E-state index is 2.36. The first-order chi connectivity index (χ1) is 22.3. The maximum absolute atomic E-state index is 2.36. The van der Waals surface area contributed by atoms with Gasteiger partial charge in [0.2, 0.25) is 0 Å². The molecule has 0 aliphatic rings. The van der Waals surface area contributed by atoms with Crippen molar-refractivity contribution in [2.75, 3.05) is 4.90 Å². The van der Waals surface area contributed by atoms with E-state index in [2.05, 4.69) is 179 Å². The van der Waals surface area contributed by atoms with Gasteiger partial charge in [-0.1, -0.05) is 91.0 Å². The Balaban J connectivity index is 1.17. The predicted octanol–water partition coefficient (Wildman–Crippen LogP) is 12.3. The monoisotopic (exact) mass is 592 g/mol. The van der Waals surface area contributed by atoms with Crippen LogP contribution in [0.1, 0.15) is 0 Å². The van der Waals surface area contributed by atoms with Crippen LogP contribution in [0.3, 0.4) is 0 Å². The third kappa shape index (κ3) is 4.32. The highest BCUT2D eigenvalue weighted by Crippen LogP contribution is 2.41. The zero-order valence-electron chi connectivity index (χ0n) is 24.5. The Morgan fingerprint density at radius 1 is 0.378 bits per heavy atom. The number of anilines is 3. The van der Waals surface area contributed by atoms with Crippen LogP contribution in [0, 0.1) is 0 Å². The molecule has 2 nitrogen and oxygen atoms in total. The maximum Gasteiger partial charge on any atom is 0.0542 e. The molecule has 0 atom stereocenters. The van der Waals surface area contributed by atoms with Crippen LogP contribution in [0.5, 0.6) is 0 Å². The Bertz CT molecular complexity index is 2470. The number of para-hydroxylation sites is 3. The summed E-state index contributed by atoms with van der Waals surface area (Å²) in [7, 11) is 0. The van der Waals surface area contributed by atoms with E-state index in [1.54, 1.807) is 0 Å². The second kappa shape index (κ2) is 10.5. The number of hydrogen-bond acceptors (Lipinski definition) is 2. The summed E-state index contributed by atoms with van der Waals surface area (Å²) in [4.78, 5) is 2.35. The number of hydrogen-bond donors (Lipinski definition) is 0. The van der Waals surface area contributed by atoms with Gasteiger partial charge in [0.1, 0.15) is 0 Å². The molecule has 7 aromatic carbocycles. The van der Waals surface area contributed by atoms with E-state index >= 15 is 0 Å². The van der Waals surface area contributed by atoms with E-state index in [0.29, 0.717) is 0 Å². The van der Waals surface area contributed by atoms with Crippen LogP contribution in [-0.4, -0.2) is 4.57 Å². The fourth-order valence-corrected chi connectivity index (χ4v) is 7.77. The lowest BCUT2D eigenvalue weighted by molar-refractivity contribution is 1.18. The van der Waals surface area contributed by atoms with Gasteiger partial charge in [0.25, 0.3) is 0 Å². The van der Waals surface area contributed by atoms with Crippen LogP contribution in [-0.2, 0) is 0 Å². The second-order valence-corrected chi connectivity index (χ2v) is 12.5. The summed E-state index contributed by atoms with van der Waals surface area (Å²) in [5.41, 5.74) is 9.40. The van der Waals surface area contributed by atoms with E-state index < -0.39 is 0 Å². The molecule has 0 N–H and O–H groups in total.